The fraction of sp³-hybridized carbons (Fsp3) is 0.700. The fourth-order valence-electron chi connectivity index (χ4n) is 0.916. The number of hydrogen-bond donors (Lipinski definition) is 1. The zero-order chi connectivity index (χ0) is 10.8. The molecule has 0 aromatic carbocycles. The standard InChI is InChI=1S/C10H17ClN2S/c1-7(10(2,3)4)12-6-9-13-5-8(11)14-9/h5,7,12H,6H2,1-4H3. The molecule has 0 aliphatic heterocycles. The van der Waals surface area contributed by atoms with Gasteiger partial charge in [-0.05, 0) is 12.3 Å². The van der Waals surface area contributed by atoms with E-state index in [1.807, 2.05) is 0 Å². The van der Waals surface area contributed by atoms with Crippen LogP contribution in [0.2, 0.25) is 4.34 Å². The average molecular weight is 233 g/mol. The Labute approximate surface area is 94.7 Å². The van der Waals surface area contributed by atoms with Crippen molar-refractivity contribution in [3.63, 3.8) is 0 Å². The zero-order valence-corrected chi connectivity index (χ0v) is 10.7. The van der Waals surface area contributed by atoms with E-state index in [-0.39, 0.29) is 5.41 Å². The first-order valence-electron chi connectivity index (χ1n) is 4.73. The second-order valence-corrected chi connectivity index (χ2v) is 6.27. The molecular weight excluding hydrogens is 216 g/mol. The summed E-state index contributed by atoms with van der Waals surface area (Å²) in [5.41, 5.74) is 0.279. The highest BCUT2D eigenvalue weighted by Crippen LogP contribution is 2.21. The largest absolute Gasteiger partial charge is 0.307 e. The van der Waals surface area contributed by atoms with Crippen molar-refractivity contribution in [2.24, 2.45) is 5.41 Å². The predicted octanol–water partition coefficient (Wildman–Crippen LogP) is 3.32. The fourth-order valence-corrected chi connectivity index (χ4v) is 1.82. The van der Waals surface area contributed by atoms with Gasteiger partial charge in [-0.2, -0.15) is 0 Å². The van der Waals surface area contributed by atoms with Crippen molar-refractivity contribution in [3.8, 4) is 0 Å². The molecular formula is C10H17ClN2S. The second-order valence-electron chi connectivity index (χ2n) is 4.53. The highest BCUT2D eigenvalue weighted by atomic mass is 35.5. The van der Waals surface area contributed by atoms with Crippen LogP contribution in [0.3, 0.4) is 0 Å². The Kier molecular flexibility index (Phi) is 3.93. The quantitative estimate of drug-likeness (QED) is 0.865. The van der Waals surface area contributed by atoms with Crippen LogP contribution in [-0.4, -0.2) is 11.0 Å². The van der Waals surface area contributed by atoms with E-state index in [1.165, 1.54) is 11.3 Å². The molecule has 2 nitrogen and oxygen atoms in total. The van der Waals surface area contributed by atoms with Crippen LogP contribution in [0, 0.1) is 5.41 Å². The van der Waals surface area contributed by atoms with Gasteiger partial charge in [-0.25, -0.2) is 4.98 Å². The summed E-state index contributed by atoms with van der Waals surface area (Å²) in [6, 6.07) is 0.463. The summed E-state index contributed by atoms with van der Waals surface area (Å²) < 4.78 is 0.755. The van der Waals surface area contributed by atoms with E-state index >= 15 is 0 Å². The molecule has 0 bridgehead atoms. The molecule has 4 heteroatoms. The zero-order valence-electron chi connectivity index (χ0n) is 9.10. The first-order valence-corrected chi connectivity index (χ1v) is 5.92. The van der Waals surface area contributed by atoms with Gasteiger partial charge in [0, 0.05) is 12.6 Å². The number of hydrogen-bond acceptors (Lipinski definition) is 3. The van der Waals surface area contributed by atoms with Crippen LogP contribution in [0.15, 0.2) is 6.20 Å². The van der Waals surface area contributed by atoms with Crippen molar-refractivity contribution in [1.29, 1.82) is 0 Å². The number of aromatic nitrogens is 1. The molecule has 0 spiro atoms. The van der Waals surface area contributed by atoms with E-state index in [9.17, 15) is 0 Å². The summed E-state index contributed by atoms with van der Waals surface area (Å²) in [5.74, 6) is 0. The minimum atomic E-state index is 0.279. The highest BCUT2D eigenvalue weighted by molar-refractivity contribution is 7.15. The monoisotopic (exact) mass is 232 g/mol. The molecule has 1 N–H and O–H groups in total. The molecule has 1 aromatic heterocycles. The van der Waals surface area contributed by atoms with Gasteiger partial charge in [0.1, 0.15) is 9.34 Å². The van der Waals surface area contributed by atoms with E-state index in [1.54, 1.807) is 6.20 Å². The number of rotatable bonds is 3. The summed E-state index contributed by atoms with van der Waals surface area (Å²) in [6.45, 7) is 9.66. The summed E-state index contributed by atoms with van der Waals surface area (Å²) in [7, 11) is 0. The van der Waals surface area contributed by atoms with Crippen molar-refractivity contribution in [3.05, 3.63) is 15.5 Å². The van der Waals surface area contributed by atoms with E-state index in [2.05, 4.69) is 38.0 Å². The molecule has 1 atom stereocenters. The van der Waals surface area contributed by atoms with Gasteiger partial charge >= 0.3 is 0 Å². The third-order valence-corrected chi connectivity index (χ3v) is 3.50. The minimum Gasteiger partial charge on any atom is -0.307 e. The van der Waals surface area contributed by atoms with Gasteiger partial charge in [0.2, 0.25) is 0 Å². The first kappa shape index (κ1) is 12.0. The number of thiazole rings is 1. The van der Waals surface area contributed by atoms with Crippen molar-refractivity contribution in [1.82, 2.24) is 10.3 Å². The Morgan fingerprint density at radius 2 is 2.21 bits per heavy atom. The van der Waals surface area contributed by atoms with Crippen LogP contribution in [0.25, 0.3) is 0 Å². The van der Waals surface area contributed by atoms with Gasteiger partial charge in [0.25, 0.3) is 0 Å². The Morgan fingerprint density at radius 3 is 2.64 bits per heavy atom. The molecule has 1 rings (SSSR count). The van der Waals surface area contributed by atoms with E-state index in [4.69, 9.17) is 11.6 Å². The lowest BCUT2D eigenvalue weighted by atomic mass is 9.88. The molecule has 0 saturated heterocycles. The maximum absolute atomic E-state index is 5.79. The third kappa shape index (κ3) is 3.56. The lowest BCUT2D eigenvalue weighted by molar-refractivity contribution is 0.285. The highest BCUT2D eigenvalue weighted by Gasteiger charge is 2.19. The minimum absolute atomic E-state index is 0.279. The van der Waals surface area contributed by atoms with E-state index < -0.39 is 0 Å². The normalized spacial score (nSPS) is 14.4. The van der Waals surface area contributed by atoms with Gasteiger partial charge < -0.3 is 5.32 Å². The molecule has 80 valence electrons. The lowest BCUT2D eigenvalue weighted by Crippen LogP contribution is -2.37. The molecule has 14 heavy (non-hydrogen) atoms. The van der Waals surface area contributed by atoms with Crippen LogP contribution in [0.4, 0.5) is 0 Å². The Bertz CT molecular complexity index is 291. The summed E-state index contributed by atoms with van der Waals surface area (Å²) >= 11 is 7.33. The summed E-state index contributed by atoms with van der Waals surface area (Å²) in [5, 5.41) is 4.49. The van der Waals surface area contributed by atoms with Crippen molar-refractivity contribution in [2.45, 2.75) is 40.3 Å². The molecule has 0 radical (unpaired) electrons. The van der Waals surface area contributed by atoms with Crippen LogP contribution in [-0.2, 0) is 6.54 Å². The van der Waals surface area contributed by atoms with Gasteiger partial charge in [0.15, 0.2) is 0 Å². The lowest BCUT2D eigenvalue weighted by Gasteiger charge is -2.27. The molecule has 0 fully saturated rings. The molecule has 1 aromatic rings. The molecule has 0 aliphatic carbocycles. The number of halogens is 1. The molecule has 0 amide bonds. The molecule has 0 aliphatic rings. The molecule has 1 unspecified atom stereocenters. The van der Waals surface area contributed by atoms with Crippen LogP contribution in [0.1, 0.15) is 32.7 Å². The van der Waals surface area contributed by atoms with Crippen molar-refractivity contribution < 1.29 is 0 Å². The second kappa shape index (κ2) is 4.60. The van der Waals surface area contributed by atoms with Gasteiger partial charge in [-0.15, -0.1) is 11.3 Å². The summed E-state index contributed by atoms with van der Waals surface area (Å²) in [4.78, 5) is 4.19. The maximum atomic E-state index is 5.79. The number of nitrogens with zero attached hydrogens (tertiary/aromatic N) is 1. The molecule has 1 heterocycles. The maximum Gasteiger partial charge on any atom is 0.113 e. The molecule has 0 saturated carbocycles. The van der Waals surface area contributed by atoms with Crippen LogP contribution >= 0.6 is 22.9 Å². The topological polar surface area (TPSA) is 24.9 Å². The number of nitrogens with one attached hydrogen (secondary N) is 1. The SMILES string of the molecule is CC(NCc1ncc(Cl)s1)C(C)(C)C. The third-order valence-electron chi connectivity index (χ3n) is 2.38. The van der Waals surface area contributed by atoms with E-state index in [0.717, 1.165) is 15.9 Å². The Hall–Kier alpha value is -0.120. The smallest absolute Gasteiger partial charge is 0.113 e. The van der Waals surface area contributed by atoms with Gasteiger partial charge in [0.05, 0.1) is 6.20 Å². The van der Waals surface area contributed by atoms with Gasteiger partial charge in [-0.3, -0.25) is 0 Å². The predicted molar refractivity (Wildman–Crippen MR) is 62.9 cm³/mol. The van der Waals surface area contributed by atoms with Crippen LogP contribution in [0.5, 0.6) is 0 Å². The first-order chi connectivity index (χ1) is 6.39. The average Bonchev–Trinajstić information content (AvgIpc) is 2.45. The van der Waals surface area contributed by atoms with Crippen LogP contribution < -0.4 is 5.32 Å². The van der Waals surface area contributed by atoms with Crippen molar-refractivity contribution in [2.75, 3.05) is 0 Å². The Balaban J connectivity index is 2.41. The Morgan fingerprint density at radius 1 is 1.57 bits per heavy atom. The van der Waals surface area contributed by atoms with E-state index in [0.29, 0.717) is 6.04 Å². The summed E-state index contributed by atoms with van der Waals surface area (Å²) in [6.07, 6.45) is 1.70. The van der Waals surface area contributed by atoms with Crippen molar-refractivity contribution >= 4 is 22.9 Å². The van der Waals surface area contributed by atoms with Gasteiger partial charge in [-0.1, -0.05) is 32.4 Å².